The van der Waals surface area contributed by atoms with E-state index in [1.807, 2.05) is 25.6 Å². The maximum Gasteiger partial charge on any atom is 0.316 e. The van der Waals surface area contributed by atoms with E-state index in [1.165, 1.54) is 0 Å². The number of rotatable bonds is 13. The largest absolute Gasteiger partial charge is 0.465 e. The molecule has 0 aromatic heterocycles. The Balaban J connectivity index is 1.49. The normalized spacial score (nSPS) is 23.4. The zero-order valence-electron chi connectivity index (χ0n) is 17.7. The van der Waals surface area contributed by atoms with Crippen molar-refractivity contribution >= 4 is 40.6 Å². The van der Waals surface area contributed by atoms with Crippen LogP contribution in [0, 0.1) is 0 Å². The SMILES string of the molecule is CCCOC(C)(C)CCOC(=O)CSC(=O)CCCC[C@@H]1SC[C@@H]2NC(=O)N[C@@H]21. The Morgan fingerprint density at radius 3 is 2.79 bits per heavy atom. The highest BCUT2D eigenvalue weighted by Gasteiger charge is 2.42. The molecule has 0 aromatic rings. The van der Waals surface area contributed by atoms with E-state index < -0.39 is 0 Å². The third-order valence-corrected chi connectivity index (χ3v) is 7.49. The van der Waals surface area contributed by atoms with Gasteiger partial charge in [0.15, 0.2) is 5.12 Å². The standard InChI is InChI=1S/C20H34N2O5S2/c1-4-10-27-20(2,3)9-11-26-16(23)13-29-17(24)8-6-5-7-15-18-14(12-28-15)21-19(25)22-18/h14-15,18H,4-13H2,1-3H3,(H2,21,22,25)/t14-,15-,18-/m0/s1. The highest BCUT2D eigenvalue weighted by molar-refractivity contribution is 8.14. The molecule has 7 nitrogen and oxygen atoms in total. The third kappa shape index (κ3) is 8.76. The van der Waals surface area contributed by atoms with E-state index in [4.69, 9.17) is 9.47 Å². The zero-order valence-corrected chi connectivity index (χ0v) is 19.3. The van der Waals surface area contributed by atoms with Crippen molar-refractivity contribution in [3.63, 3.8) is 0 Å². The number of carbonyl (C=O) groups is 3. The lowest BCUT2D eigenvalue weighted by Gasteiger charge is -2.24. The number of esters is 1. The molecule has 2 aliphatic heterocycles. The molecule has 3 atom stereocenters. The molecule has 2 heterocycles. The van der Waals surface area contributed by atoms with Gasteiger partial charge in [-0.15, -0.1) is 0 Å². The maximum atomic E-state index is 12.0. The first-order valence-corrected chi connectivity index (χ1v) is 12.5. The summed E-state index contributed by atoms with van der Waals surface area (Å²) in [6, 6.07) is 0.384. The van der Waals surface area contributed by atoms with Gasteiger partial charge in [0.1, 0.15) is 0 Å². The van der Waals surface area contributed by atoms with Crippen LogP contribution in [0.4, 0.5) is 4.79 Å². The van der Waals surface area contributed by atoms with Crippen molar-refractivity contribution in [2.75, 3.05) is 24.7 Å². The van der Waals surface area contributed by atoms with Gasteiger partial charge in [-0.3, -0.25) is 9.59 Å². The zero-order chi connectivity index (χ0) is 21.3. The van der Waals surface area contributed by atoms with E-state index in [0.29, 0.717) is 31.3 Å². The number of urea groups is 1. The molecule has 0 saturated carbocycles. The monoisotopic (exact) mass is 446 g/mol. The van der Waals surface area contributed by atoms with Crippen molar-refractivity contribution in [1.82, 2.24) is 10.6 Å². The molecule has 2 fully saturated rings. The highest BCUT2D eigenvalue weighted by atomic mass is 32.2. The highest BCUT2D eigenvalue weighted by Crippen LogP contribution is 2.33. The van der Waals surface area contributed by atoms with Gasteiger partial charge < -0.3 is 20.1 Å². The van der Waals surface area contributed by atoms with Crippen LogP contribution < -0.4 is 10.6 Å². The van der Waals surface area contributed by atoms with Crippen LogP contribution in [0.5, 0.6) is 0 Å². The lowest BCUT2D eigenvalue weighted by atomic mass is 10.0. The predicted molar refractivity (Wildman–Crippen MR) is 117 cm³/mol. The van der Waals surface area contributed by atoms with Gasteiger partial charge in [-0.2, -0.15) is 11.8 Å². The first-order valence-electron chi connectivity index (χ1n) is 10.4. The summed E-state index contributed by atoms with van der Waals surface area (Å²) in [6.07, 6.45) is 4.79. The number of ether oxygens (including phenoxy) is 2. The molecule has 9 heteroatoms. The molecule has 166 valence electrons. The summed E-state index contributed by atoms with van der Waals surface area (Å²) in [5, 5.41) is 6.36. The Kier molecular flexibility index (Phi) is 10.1. The fourth-order valence-corrected chi connectivity index (χ4v) is 5.57. The molecule has 0 aliphatic carbocycles. The van der Waals surface area contributed by atoms with Gasteiger partial charge in [0.05, 0.1) is 30.0 Å². The Labute approximate surface area is 182 Å². The lowest BCUT2D eigenvalue weighted by molar-refractivity contribution is -0.142. The Morgan fingerprint density at radius 2 is 2.03 bits per heavy atom. The Bertz CT molecular complexity index is 573. The van der Waals surface area contributed by atoms with Crippen LogP contribution in [0.2, 0.25) is 0 Å². The quantitative estimate of drug-likeness (QED) is 0.255. The van der Waals surface area contributed by atoms with Gasteiger partial charge in [0.2, 0.25) is 0 Å². The first-order chi connectivity index (χ1) is 13.8. The molecule has 29 heavy (non-hydrogen) atoms. The van der Waals surface area contributed by atoms with Crippen molar-refractivity contribution in [1.29, 1.82) is 0 Å². The first kappa shape index (κ1) is 24.3. The Hall–Kier alpha value is -0.930. The van der Waals surface area contributed by atoms with Crippen molar-refractivity contribution in [3.05, 3.63) is 0 Å². The molecular weight excluding hydrogens is 412 g/mol. The maximum absolute atomic E-state index is 12.0. The van der Waals surface area contributed by atoms with E-state index in [2.05, 4.69) is 17.6 Å². The summed E-state index contributed by atoms with van der Waals surface area (Å²) in [5.41, 5.74) is -0.311. The fraction of sp³-hybridized carbons (Fsp3) is 0.850. The number of unbranched alkanes of at least 4 members (excludes halogenated alkanes) is 1. The van der Waals surface area contributed by atoms with Crippen LogP contribution in [-0.4, -0.2) is 64.8 Å². The smallest absolute Gasteiger partial charge is 0.316 e. The summed E-state index contributed by atoms with van der Waals surface area (Å²) in [7, 11) is 0. The number of carbonyl (C=O) groups excluding carboxylic acids is 3. The van der Waals surface area contributed by atoms with Crippen LogP contribution >= 0.6 is 23.5 Å². The summed E-state index contributed by atoms with van der Waals surface area (Å²) >= 11 is 2.92. The van der Waals surface area contributed by atoms with Crippen LogP contribution in [-0.2, 0) is 19.1 Å². The van der Waals surface area contributed by atoms with E-state index in [9.17, 15) is 14.4 Å². The van der Waals surface area contributed by atoms with Crippen LogP contribution in [0.15, 0.2) is 0 Å². The van der Waals surface area contributed by atoms with E-state index in [-0.39, 0.29) is 40.6 Å². The van der Waals surface area contributed by atoms with Gasteiger partial charge in [-0.1, -0.05) is 25.1 Å². The third-order valence-electron chi connectivity index (χ3n) is 5.07. The molecule has 0 radical (unpaired) electrons. The number of hydrogen-bond donors (Lipinski definition) is 2. The van der Waals surface area contributed by atoms with Gasteiger partial charge in [0.25, 0.3) is 0 Å². The summed E-state index contributed by atoms with van der Waals surface area (Å²) in [6.45, 7) is 7.01. The van der Waals surface area contributed by atoms with Crippen LogP contribution in [0.3, 0.4) is 0 Å². The molecule has 2 aliphatic rings. The Morgan fingerprint density at radius 1 is 1.24 bits per heavy atom. The lowest BCUT2D eigenvalue weighted by Crippen LogP contribution is -2.36. The van der Waals surface area contributed by atoms with Crippen LogP contribution in [0.25, 0.3) is 0 Å². The number of thioether (sulfide) groups is 2. The molecule has 2 amide bonds. The minimum Gasteiger partial charge on any atom is -0.465 e. The second-order valence-corrected chi connectivity index (χ2v) is 10.4. The molecule has 0 unspecified atom stereocenters. The van der Waals surface area contributed by atoms with Gasteiger partial charge in [-0.05, 0) is 33.1 Å². The van der Waals surface area contributed by atoms with E-state index >= 15 is 0 Å². The molecule has 2 saturated heterocycles. The average Bonchev–Trinajstić information content (AvgIpc) is 3.21. The minimum absolute atomic E-state index is 0.0290. The fourth-order valence-electron chi connectivity index (χ4n) is 3.37. The van der Waals surface area contributed by atoms with Crippen molar-refractivity contribution in [2.24, 2.45) is 0 Å². The second kappa shape index (κ2) is 12.1. The number of amides is 2. The summed E-state index contributed by atoms with van der Waals surface area (Å²) in [4.78, 5) is 35.2. The summed E-state index contributed by atoms with van der Waals surface area (Å²) < 4.78 is 10.9. The average molecular weight is 447 g/mol. The number of hydrogen-bond acceptors (Lipinski definition) is 7. The van der Waals surface area contributed by atoms with Gasteiger partial charge in [0, 0.05) is 30.5 Å². The van der Waals surface area contributed by atoms with Crippen LogP contribution in [0.1, 0.15) is 59.3 Å². The molecule has 2 rings (SSSR count). The number of nitrogens with one attached hydrogen (secondary N) is 2. The molecule has 0 bridgehead atoms. The minimum atomic E-state index is -0.354. The van der Waals surface area contributed by atoms with E-state index in [0.717, 1.165) is 43.2 Å². The number of fused-ring (bicyclic) bond motifs is 1. The molecule has 2 N–H and O–H groups in total. The van der Waals surface area contributed by atoms with Crippen molar-refractivity contribution in [3.8, 4) is 0 Å². The predicted octanol–water partition coefficient (Wildman–Crippen LogP) is 3.11. The molecular formula is C20H34N2O5S2. The second-order valence-electron chi connectivity index (χ2n) is 8.11. The van der Waals surface area contributed by atoms with Crippen molar-refractivity contribution in [2.45, 2.75) is 82.2 Å². The van der Waals surface area contributed by atoms with Gasteiger partial charge >= 0.3 is 12.0 Å². The summed E-state index contributed by atoms with van der Waals surface area (Å²) in [5.74, 6) is 0.662. The van der Waals surface area contributed by atoms with Gasteiger partial charge in [-0.25, -0.2) is 4.79 Å². The topological polar surface area (TPSA) is 93.7 Å². The molecule has 0 spiro atoms. The van der Waals surface area contributed by atoms with E-state index in [1.54, 1.807) is 0 Å². The van der Waals surface area contributed by atoms with Crippen molar-refractivity contribution < 1.29 is 23.9 Å². The molecule has 0 aromatic carbocycles.